The first-order valence-corrected chi connectivity index (χ1v) is 8.19. The molecule has 120 valence electrons. The molecule has 1 atom stereocenters. The molecule has 0 saturated heterocycles. The van der Waals surface area contributed by atoms with Crippen molar-refractivity contribution in [2.45, 2.75) is 23.8 Å². The highest BCUT2D eigenvalue weighted by atomic mass is 35.5. The van der Waals surface area contributed by atoms with E-state index in [1.54, 1.807) is 0 Å². The topological polar surface area (TPSA) is 75.6 Å². The maximum Gasteiger partial charge on any atom is 0.242 e. The van der Waals surface area contributed by atoms with Crippen LogP contribution < -0.4 is 4.72 Å². The van der Waals surface area contributed by atoms with Crippen LogP contribution in [0.15, 0.2) is 17.0 Å². The summed E-state index contributed by atoms with van der Waals surface area (Å²) in [7, 11) is -2.60. The molecule has 0 aliphatic carbocycles. The average Bonchev–Trinajstić information content (AvgIpc) is 2.40. The Morgan fingerprint density at radius 3 is 2.62 bits per heavy atom. The van der Waals surface area contributed by atoms with Crippen molar-refractivity contribution < 1.29 is 22.7 Å². The number of benzene rings is 1. The normalized spacial score (nSPS) is 15.0. The van der Waals surface area contributed by atoms with Crippen molar-refractivity contribution in [3.63, 3.8) is 0 Å². The number of aliphatic hydroxyl groups is 1. The number of ether oxygens (including phenoxy) is 1. The Hall–Kier alpha value is -0.440. The molecule has 5 nitrogen and oxygen atoms in total. The number of nitrogens with one attached hydrogen (secondary N) is 1. The molecule has 0 amide bonds. The molecule has 0 aliphatic rings. The van der Waals surface area contributed by atoms with Crippen molar-refractivity contribution in [2.75, 3.05) is 20.3 Å². The molecule has 21 heavy (non-hydrogen) atoms. The minimum Gasteiger partial charge on any atom is -0.389 e. The van der Waals surface area contributed by atoms with Crippen LogP contribution in [0.1, 0.15) is 13.3 Å². The Balaban J connectivity index is 2.91. The van der Waals surface area contributed by atoms with Crippen LogP contribution in [-0.2, 0) is 14.8 Å². The summed E-state index contributed by atoms with van der Waals surface area (Å²) in [6.45, 7) is 1.46. The SMILES string of the molecule is COCCC(C)(O)CNS(=O)(=O)c1ccc(Cl)c(F)c1Cl. The van der Waals surface area contributed by atoms with E-state index in [2.05, 4.69) is 4.72 Å². The Morgan fingerprint density at radius 1 is 1.43 bits per heavy atom. The molecule has 0 bridgehead atoms. The third-order valence-electron chi connectivity index (χ3n) is 2.78. The van der Waals surface area contributed by atoms with Gasteiger partial charge in [-0.15, -0.1) is 0 Å². The van der Waals surface area contributed by atoms with Crippen LogP contribution in [0.4, 0.5) is 4.39 Å². The third kappa shape index (κ3) is 5.05. The molecule has 0 saturated carbocycles. The largest absolute Gasteiger partial charge is 0.389 e. The predicted molar refractivity (Wildman–Crippen MR) is 78.7 cm³/mol. The monoisotopic (exact) mass is 359 g/mol. The van der Waals surface area contributed by atoms with Crippen LogP contribution in [0.2, 0.25) is 10.0 Å². The first-order valence-electron chi connectivity index (χ1n) is 5.95. The molecule has 1 rings (SSSR count). The minimum atomic E-state index is -4.07. The van der Waals surface area contributed by atoms with Crippen molar-refractivity contribution >= 4 is 33.2 Å². The smallest absolute Gasteiger partial charge is 0.242 e. The molecule has 0 radical (unpaired) electrons. The van der Waals surface area contributed by atoms with Gasteiger partial charge in [0.1, 0.15) is 4.90 Å². The second-order valence-corrected chi connectivity index (χ2v) is 7.26. The molecule has 0 spiro atoms. The van der Waals surface area contributed by atoms with Gasteiger partial charge in [-0.3, -0.25) is 0 Å². The summed E-state index contributed by atoms with van der Waals surface area (Å²) < 4.78 is 44.7. The summed E-state index contributed by atoms with van der Waals surface area (Å²) in [5.74, 6) is -1.01. The molecule has 2 N–H and O–H groups in total. The van der Waals surface area contributed by atoms with Gasteiger partial charge in [0.2, 0.25) is 10.0 Å². The second kappa shape index (κ2) is 7.21. The predicted octanol–water partition coefficient (Wildman–Crippen LogP) is 2.20. The van der Waals surface area contributed by atoms with Gasteiger partial charge in [0.25, 0.3) is 0 Å². The van der Waals surface area contributed by atoms with Crippen LogP contribution >= 0.6 is 23.2 Å². The second-order valence-electron chi connectivity index (χ2n) is 4.74. The molecule has 0 heterocycles. The molecular formula is C12H16Cl2FNO4S. The molecule has 1 unspecified atom stereocenters. The van der Waals surface area contributed by atoms with Gasteiger partial charge in [-0.25, -0.2) is 17.5 Å². The zero-order valence-electron chi connectivity index (χ0n) is 11.5. The van der Waals surface area contributed by atoms with E-state index in [1.165, 1.54) is 14.0 Å². The van der Waals surface area contributed by atoms with Crippen molar-refractivity contribution in [3.05, 3.63) is 28.0 Å². The fourth-order valence-electron chi connectivity index (χ4n) is 1.45. The Bertz CT molecular complexity index is 608. The lowest BCUT2D eigenvalue weighted by Gasteiger charge is -2.23. The average molecular weight is 360 g/mol. The van der Waals surface area contributed by atoms with Crippen LogP contribution in [0, 0.1) is 5.82 Å². The number of halogens is 3. The summed E-state index contributed by atoms with van der Waals surface area (Å²) in [6.07, 6.45) is 0.231. The summed E-state index contributed by atoms with van der Waals surface area (Å²) in [5.41, 5.74) is -1.31. The van der Waals surface area contributed by atoms with Crippen LogP contribution in [0.3, 0.4) is 0 Å². The van der Waals surface area contributed by atoms with E-state index in [-0.39, 0.29) is 24.6 Å². The van der Waals surface area contributed by atoms with Gasteiger partial charge < -0.3 is 9.84 Å². The fraction of sp³-hybridized carbons (Fsp3) is 0.500. The van der Waals surface area contributed by atoms with Gasteiger partial charge in [0, 0.05) is 26.7 Å². The molecule has 0 fully saturated rings. The quantitative estimate of drug-likeness (QED) is 0.731. The number of hydrogen-bond donors (Lipinski definition) is 2. The van der Waals surface area contributed by atoms with Crippen LogP contribution in [0.25, 0.3) is 0 Å². The van der Waals surface area contributed by atoms with Gasteiger partial charge in [-0.2, -0.15) is 0 Å². The summed E-state index contributed by atoms with van der Waals surface area (Å²) in [4.78, 5) is -0.436. The van der Waals surface area contributed by atoms with Gasteiger partial charge in [-0.05, 0) is 19.1 Å². The van der Waals surface area contributed by atoms with Crippen LogP contribution in [-0.4, -0.2) is 39.4 Å². The highest BCUT2D eigenvalue weighted by molar-refractivity contribution is 7.89. The van der Waals surface area contributed by atoms with E-state index < -0.39 is 31.4 Å². The standard InChI is InChI=1S/C12H16Cl2FNO4S/c1-12(17,5-6-20-2)7-16-21(18,19)9-4-3-8(13)11(15)10(9)14/h3-4,16-17H,5-7H2,1-2H3. The van der Waals surface area contributed by atoms with E-state index in [9.17, 15) is 17.9 Å². The van der Waals surface area contributed by atoms with E-state index in [0.29, 0.717) is 0 Å². The summed E-state index contributed by atoms with van der Waals surface area (Å²) >= 11 is 11.2. The van der Waals surface area contributed by atoms with Crippen molar-refractivity contribution in [1.29, 1.82) is 0 Å². The Morgan fingerprint density at radius 2 is 2.05 bits per heavy atom. The van der Waals surface area contributed by atoms with E-state index in [1.807, 2.05) is 0 Å². The lowest BCUT2D eigenvalue weighted by Crippen LogP contribution is -2.41. The maximum absolute atomic E-state index is 13.5. The highest BCUT2D eigenvalue weighted by Gasteiger charge is 2.26. The van der Waals surface area contributed by atoms with Gasteiger partial charge in [0.15, 0.2) is 5.82 Å². The first kappa shape index (κ1) is 18.6. The summed E-state index contributed by atoms with van der Waals surface area (Å²) in [6, 6.07) is 2.19. The molecule has 1 aromatic carbocycles. The molecule has 1 aromatic rings. The zero-order chi connectivity index (χ0) is 16.3. The van der Waals surface area contributed by atoms with Crippen LogP contribution in [0.5, 0.6) is 0 Å². The number of hydrogen-bond acceptors (Lipinski definition) is 4. The van der Waals surface area contributed by atoms with Gasteiger partial charge in [0.05, 0.1) is 15.6 Å². The summed E-state index contributed by atoms with van der Waals surface area (Å²) in [5, 5.41) is 9.13. The van der Waals surface area contributed by atoms with Gasteiger partial charge in [-0.1, -0.05) is 23.2 Å². The van der Waals surface area contributed by atoms with Crippen molar-refractivity contribution in [3.8, 4) is 0 Å². The van der Waals surface area contributed by atoms with Gasteiger partial charge >= 0.3 is 0 Å². The van der Waals surface area contributed by atoms with E-state index in [0.717, 1.165) is 12.1 Å². The maximum atomic E-state index is 13.5. The first-order chi connectivity index (χ1) is 9.60. The van der Waals surface area contributed by atoms with Crippen molar-refractivity contribution in [2.24, 2.45) is 0 Å². The lowest BCUT2D eigenvalue weighted by molar-refractivity contribution is 0.0292. The Kier molecular flexibility index (Phi) is 6.39. The minimum absolute atomic E-state index is 0.231. The molecular weight excluding hydrogens is 344 g/mol. The number of methoxy groups -OCH3 is 1. The highest BCUT2D eigenvalue weighted by Crippen LogP contribution is 2.29. The lowest BCUT2D eigenvalue weighted by atomic mass is 10.0. The fourth-order valence-corrected chi connectivity index (χ4v) is 3.36. The molecule has 0 aliphatic heterocycles. The zero-order valence-corrected chi connectivity index (χ0v) is 13.8. The third-order valence-corrected chi connectivity index (χ3v) is 4.99. The molecule has 0 aromatic heterocycles. The van der Waals surface area contributed by atoms with E-state index in [4.69, 9.17) is 27.9 Å². The number of sulfonamides is 1. The number of rotatable bonds is 7. The Labute approximate surface area is 133 Å². The molecule has 9 heteroatoms. The van der Waals surface area contributed by atoms with Crippen molar-refractivity contribution in [1.82, 2.24) is 4.72 Å². The van der Waals surface area contributed by atoms with E-state index >= 15 is 0 Å².